The van der Waals surface area contributed by atoms with Crippen LogP contribution in [0.25, 0.3) is 0 Å². The predicted molar refractivity (Wildman–Crippen MR) is 58.3 cm³/mol. The molecule has 0 amide bonds. The van der Waals surface area contributed by atoms with Gasteiger partial charge >= 0.3 is 0 Å². The second kappa shape index (κ2) is 4.94. The highest BCUT2D eigenvalue weighted by atomic mass is 35.5. The van der Waals surface area contributed by atoms with E-state index in [1.165, 1.54) is 0 Å². The van der Waals surface area contributed by atoms with Gasteiger partial charge in [-0.25, -0.2) is 4.98 Å². The Balaban J connectivity index is 2.53. The number of aromatic nitrogens is 1. The number of rotatable bonds is 4. The van der Waals surface area contributed by atoms with Crippen molar-refractivity contribution in [1.82, 2.24) is 9.88 Å². The number of hydrogen-bond donors (Lipinski definition) is 0. The first kappa shape index (κ1) is 11.0. The lowest BCUT2D eigenvalue weighted by atomic mass is 10.3. The van der Waals surface area contributed by atoms with Crippen LogP contribution < -0.4 is 0 Å². The zero-order chi connectivity index (χ0) is 9.84. The van der Waals surface area contributed by atoms with Crippen molar-refractivity contribution in [1.29, 1.82) is 0 Å². The van der Waals surface area contributed by atoms with E-state index in [0.29, 0.717) is 11.9 Å². The normalized spacial score (nSPS) is 11.5. The average Bonchev–Trinajstić information content (AvgIpc) is 2.52. The molecule has 1 aromatic rings. The topological polar surface area (TPSA) is 16.1 Å². The summed E-state index contributed by atoms with van der Waals surface area (Å²) in [5.41, 5.74) is 0.985. The largest absolute Gasteiger partial charge is 0.297 e. The van der Waals surface area contributed by atoms with Crippen LogP contribution >= 0.6 is 22.9 Å². The smallest absolute Gasteiger partial charge is 0.107 e. The summed E-state index contributed by atoms with van der Waals surface area (Å²) in [4.78, 5) is 6.66. The molecule has 0 spiro atoms. The summed E-state index contributed by atoms with van der Waals surface area (Å²) < 4.78 is 0. The maximum absolute atomic E-state index is 5.67. The standard InChI is InChI=1S/C9H15ClN2S/c1-7(2)12(3)5-9-11-8(4-10)6-13-9/h6-7H,4-5H2,1-3H3. The van der Waals surface area contributed by atoms with Crippen LogP contribution in [-0.4, -0.2) is 23.0 Å². The molecule has 13 heavy (non-hydrogen) atoms. The molecule has 1 aromatic heterocycles. The molecule has 1 heterocycles. The van der Waals surface area contributed by atoms with Gasteiger partial charge in [-0.15, -0.1) is 22.9 Å². The Labute approximate surface area is 88.5 Å². The summed E-state index contributed by atoms with van der Waals surface area (Å²) in [5.74, 6) is 0.516. The van der Waals surface area contributed by atoms with Crippen LogP contribution in [-0.2, 0) is 12.4 Å². The number of hydrogen-bond acceptors (Lipinski definition) is 3. The number of nitrogens with zero attached hydrogens (tertiary/aromatic N) is 2. The molecule has 0 atom stereocenters. The Morgan fingerprint density at radius 2 is 2.31 bits per heavy atom. The third-order valence-electron chi connectivity index (χ3n) is 2.00. The van der Waals surface area contributed by atoms with Crippen LogP contribution in [0.15, 0.2) is 5.38 Å². The van der Waals surface area contributed by atoms with E-state index >= 15 is 0 Å². The van der Waals surface area contributed by atoms with Crippen LogP contribution in [0.5, 0.6) is 0 Å². The van der Waals surface area contributed by atoms with Crippen molar-refractivity contribution in [3.63, 3.8) is 0 Å². The Morgan fingerprint density at radius 3 is 2.77 bits per heavy atom. The van der Waals surface area contributed by atoms with Crippen LogP contribution in [0.2, 0.25) is 0 Å². The molecule has 0 aliphatic rings. The van der Waals surface area contributed by atoms with E-state index in [1.54, 1.807) is 11.3 Å². The molecule has 0 aliphatic carbocycles. The third-order valence-corrected chi connectivity index (χ3v) is 3.16. The van der Waals surface area contributed by atoms with Crippen molar-refractivity contribution < 1.29 is 0 Å². The lowest BCUT2D eigenvalue weighted by Crippen LogP contribution is -2.25. The van der Waals surface area contributed by atoms with E-state index in [2.05, 4.69) is 30.8 Å². The summed E-state index contributed by atoms with van der Waals surface area (Å²) in [7, 11) is 2.10. The van der Waals surface area contributed by atoms with E-state index in [1.807, 2.05) is 5.38 Å². The summed E-state index contributed by atoms with van der Waals surface area (Å²) in [5, 5.41) is 3.17. The molecule has 1 rings (SSSR count). The van der Waals surface area contributed by atoms with E-state index in [-0.39, 0.29) is 0 Å². The third kappa shape index (κ3) is 3.25. The Kier molecular flexibility index (Phi) is 4.16. The minimum absolute atomic E-state index is 0.516. The molecule has 0 unspecified atom stereocenters. The van der Waals surface area contributed by atoms with Gasteiger partial charge < -0.3 is 0 Å². The Hall–Kier alpha value is -0.120. The van der Waals surface area contributed by atoms with Crippen LogP contribution in [0.4, 0.5) is 0 Å². The fraction of sp³-hybridized carbons (Fsp3) is 0.667. The molecule has 0 radical (unpaired) electrons. The summed E-state index contributed by atoms with van der Waals surface area (Å²) >= 11 is 7.35. The van der Waals surface area contributed by atoms with E-state index in [9.17, 15) is 0 Å². The van der Waals surface area contributed by atoms with Crippen molar-refractivity contribution in [2.75, 3.05) is 7.05 Å². The molecule has 0 saturated heterocycles. The molecule has 0 fully saturated rings. The van der Waals surface area contributed by atoms with Gasteiger partial charge in [0, 0.05) is 11.4 Å². The van der Waals surface area contributed by atoms with Crippen molar-refractivity contribution in [2.45, 2.75) is 32.3 Å². The van der Waals surface area contributed by atoms with Gasteiger partial charge in [0.05, 0.1) is 18.1 Å². The summed E-state index contributed by atoms with van der Waals surface area (Å²) in [6.45, 7) is 5.27. The molecule has 0 aromatic carbocycles. The van der Waals surface area contributed by atoms with Crippen LogP contribution in [0.3, 0.4) is 0 Å². The van der Waals surface area contributed by atoms with E-state index in [0.717, 1.165) is 17.2 Å². The van der Waals surface area contributed by atoms with E-state index in [4.69, 9.17) is 11.6 Å². The fourth-order valence-electron chi connectivity index (χ4n) is 0.879. The fourth-order valence-corrected chi connectivity index (χ4v) is 1.96. The molecule has 0 N–H and O–H groups in total. The SMILES string of the molecule is CC(C)N(C)Cc1nc(CCl)cs1. The maximum atomic E-state index is 5.67. The molecular weight excluding hydrogens is 204 g/mol. The zero-order valence-corrected chi connectivity index (χ0v) is 9.82. The van der Waals surface area contributed by atoms with Crippen LogP contribution in [0, 0.1) is 0 Å². The molecule has 0 aliphatic heterocycles. The molecular formula is C9H15ClN2S. The van der Waals surface area contributed by atoms with Gasteiger partial charge in [-0.2, -0.15) is 0 Å². The van der Waals surface area contributed by atoms with Crippen molar-refractivity contribution in [3.8, 4) is 0 Å². The number of alkyl halides is 1. The predicted octanol–water partition coefficient (Wildman–Crippen LogP) is 2.72. The number of thiazole rings is 1. The van der Waals surface area contributed by atoms with Gasteiger partial charge in [0.25, 0.3) is 0 Å². The minimum Gasteiger partial charge on any atom is -0.297 e. The van der Waals surface area contributed by atoms with Gasteiger partial charge in [-0.05, 0) is 20.9 Å². The second-order valence-corrected chi connectivity index (χ2v) is 4.58. The lowest BCUT2D eigenvalue weighted by Gasteiger charge is -2.19. The first-order chi connectivity index (χ1) is 6.13. The van der Waals surface area contributed by atoms with E-state index < -0.39 is 0 Å². The van der Waals surface area contributed by atoms with Crippen molar-refractivity contribution >= 4 is 22.9 Å². The van der Waals surface area contributed by atoms with Gasteiger partial charge in [0.1, 0.15) is 5.01 Å². The monoisotopic (exact) mass is 218 g/mol. The summed E-state index contributed by atoms with van der Waals surface area (Å²) in [6.07, 6.45) is 0. The highest BCUT2D eigenvalue weighted by Gasteiger charge is 2.07. The molecule has 2 nitrogen and oxygen atoms in total. The first-order valence-corrected chi connectivity index (χ1v) is 5.74. The maximum Gasteiger partial charge on any atom is 0.107 e. The Morgan fingerprint density at radius 1 is 1.62 bits per heavy atom. The molecule has 4 heteroatoms. The zero-order valence-electron chi connectivity index (χ0n) is 8.25. The lowest BCUT2D eigenvalue weighted by molar-refractivity contribution is 0.265. The highest BCUT2D eigenvalue weighted by Crippen LogP contribution is 2.14. The van der Waals surface area contributed by atoms with Gasteiger partial charge in [-0.3, -0.25) is 4.90 Å². The van der Waals surface area contributed by atoms with Crippen LogP contribution in [0.1, 0.15) is 24.5 Å². The summed E-state index contributed by atoms with van der Waals surface area (Å²) in [6, 6.07) is 0.559. The highest BCUT2D eigenvalue weighted by molar-refractivity contribution is 7.09. The first-order valence-electron chi connectivity index (χ1n) is 4.33. The van der Waals surface area contributed by atoms with Crippen molar-refractivity contribution in [3.05, 3.63) is 16.1 Å². The average molecular weight is 219 g/mol. The molecule has 0 saturated carbocycles. The second-order valence-electron chi connectivity index (χ2n) is 3.38. The van der Waals surface area contributed by atoms with Gasteiger partial charge in [0.15, 0.2) is 0 Å². The Bertz CT molecular complexity index is 260. The van der Waals surface area contributed by atoms with Crippen molar-refractivity contribution in [2.24, 2.45) is 0 Å². The van der Waals surface area contributed by atoms with Gasteiger partial charge in [0.2, 0.25) is 0 Å². The number of halogens is 1. The van der Waals surface area contributed by atoms with Gasteiger partial charge in [-0.1, -0.05) is 0 Å². The minimum atomic E-state index is 0.516. The molecule has 0 bridgehead atoms. The quantitative estimate of drug-likeness (QED) is 0.723. The molecule has 74 valence electrons.